The standard InChI is InChI=1S/C23H34N4O2/c1-3-27-13-5-9-20(27)16-25-23(24-12-11-21-10-6-14-29-21)26-17-22(28)19-8-4-7-18(2)15-19/h4,6-8,10,14-15,20,22,28H,3,5,9,11-13,16-17H2,1-2H3,(H2,24,25,26). The van der Waals surface area contributed by atoms with Gasteiger partial charge in [-0.1, -0.05) is 36.8 Å². The highest BCUT2D eigenvalue weighted by molar-refractivity contribution is 5.79. The van der Waals surface area contributed by atoms with Gasteiger partial charge < -0.3 is 20.2 Å². The molecule has 158 valence electrons. The summed E-state index contributed by atoms with van der Waals surface area (Å²) < 4.78 is 5.41. The molecule has 1 saturated heterocycles. The van der Waals surface area contributed by atoms with Gasteiger partial charge >= 0.3 is 0 Å². The van der Waals surface area contributed by atoms with Crippen LogP contribution in [0.1, 0.15) is 42.8 Å². The molecule has 6 nitrogen and oxygen atoms in total. The summed E-state index contributed by atoms with van der Waals surface area (Å²) in [6.07, 6.45) is 4.34. The summed E-state index contributed by atoms with van der Waals surface area (Å²) in [6, 6.07) is 12.4. The van der Waals surface area contributed by atoms with E-state index in [9.17, 15) is 5.11 Å². The number of hydrogen-bond donors (Lipinski definition) is 3. The molecule has 1 aromatic heterocycles. The van der Waals surface area contributed by atoms with Crippen LogP contribution in [0, 0.1) is 6.92 Å². The van der Waals surface area contributed by atoms with E-state index in [1.54, 1.807) is 6.26 Å². The van der Waals surface area contributed by atoms with Gasteiger partial charge in [-0.25, -0.2) is 0 Å². The van der Waals surface area contributed by atoms with Crippen LogP contribution in [0.25, 0.3) is 0 Å². The van der Waals surface area contributed by atoms with Gasteiger partial charge in [-0.05, 0) is 50.6 Å². The molecule has 0 radical (unpaired) electrons. The molecule has 2 heterocycles. The van der Waals surface area contributed by atoms with Gasteiger partial charge in [-0.3, -0.25) is 9.89 Å². The molecular formula is C23H34N4O2. The molecule has 29 heavy (non-hydrogen) atoms. The van der Waals surface area contributed by atoms with Crippen LogP contribution >= 0.6 is 0 Å². The molecule has 0 bridgehead atoms. The molecule has 3 rings (SSSR count). The lowest BCUT2D eigenvalue weighted by Crippen LogP contribution is -2.45. The summed E-state index contributed by atoms with van der Waals surface area (Å²) >= 11 is 0. The number of furan rings is 1. The van der Waals surface area contributed by atoms with Crippen molar-refractivity contribution in [2.24, 2.45) is 4.99 Å². The number of likely N-dealkylation sites (N-methyl/N-ethyl adjacent to an activating group) is 1. The molecule has 0 aliphatic carbocycles. The van der Waals surface area contributed by atoms with Crippen molar-refractivity contribution in [3.63, 3.8) is 0 Å². The zero-order valence-corrected chi connectivity index (χ0v) is 17.6. The summed E-state index contributed by atoms with van der Waals surface area (Å²) in [5.74, 6) is 1.69. The van der Waals surface area contributed by atoms with Crippen LogP contribution in [0.3, 0.4) is 0 Å². The van der Waals surface area contributed by atoms with Crippen molar-refractivity contribution in [2.45, 2.75) is 45.3 Å². The molecule has 3 N–H and O–H groups in total. The van der Waals surface area contributed by atoms with Gasteiger partial charge in [-0.15, -0.1) is 0 Å². The fourth-order valence-electron chi connectivity index (χ4n) is 3.85. The predicted octanol–water partition coefficient (Wildman–Crippen LogP) is 2.88. The Morgan fingerprint density at radius 1 is 1.31 bits per heavy atom. The summed E-state index contributed by atoms with van der Waals surface area (Å²) in [7, 11) is 0. The highest BCUT2D eigenvalue weighted by Crippen LogP contribution is 2.16. The van der Waals surface area contributed by atoms with Gasteiger partial charge in [0.1, 0.15) is 5.76 Å². The number of aliphatic imine (C=N–C) groups is 1. The topological polar surface area (TPSA) is 73.0 Å². The number of nitrogens with zero attached hydrogens (tertiary/aromatic N) is 2. The van der Waals surface area contributed by atoms with Gasteiger partial charge in [-0.2, -0.15) is 0 Å². The number of likely N-dealkylation sites (tertiary alicyclic amines) is 1. The number of aliphatic hydroxyl groups is 1. The average molecular weight is 399 g/mol. The van der Waals surface area contributed by atoms with Crippen molar-refractivity contribution in [1.29, 1.82) is 0 Å². The maximum Gasteiger partial charge on any atom is 0.191 e. The second-order valence-electron chi connectivity index (χ2n) is 7.68. The first-order valence-corrected chi connectivity index (χ1v) is 10.7. The third-order valence-electron chi connectivity index (χ3n) is 5.50. The van der Waals surface area contributed by atoms with E-state index in [0.717, 1.165) is 48.9 Å². The van der Waals surface area contributed by atoms with Crippen molar-refractivity contribution >= 4 is 5.96 Å². The first kappa shape index (κ1) is 21.4. The van der Waals surface area contributed by atoms with Gasteiger partial charge in [0.25, 0.3) is 0 Å². The molecule has 0 spiro atoms. The summed E-state index contributed by atoms with van der Waals surface area (Å²) in [6.45, 7) is 8.41. The molecule has 2 aromatic rings. The lowest BCUT2D eigenvalue weighted by molar-refractivity contribution is 0.187. The summed E-state index contributed by atoms with van der Waals surface area (Å²) in [4.78, 5) is 7.16. The predicted molar refractivity (Wildman–Crippen MR) is 117 cm³/mol. The smallest absolute Gasteiger partial charge is 0.191 e. The Morgan fingerprint density at radius 3 is 2.97 bits per heavy atom. The first-order valence-electron chi connectivity index (χ1n) is 10.7. The Bertz CT molecular complexity index is 760. The second kappa shape index (κ2) is 11.0. The number of rotatable bonds is 9. The van der Waals surface area contributed by atoms with Crippen LogP contribution in [-0.4, -0.2) is 54.7 Å². The van der Waals surface area contributed by atoms with Gasteiger partial charge in [0.05, 0.1) is 18.9 Å². The van der Waals surface area contributed by atoms with E-state index >= 15 is 0 Å². The van der Waals surface area contributed by atoms with Crippen molar-refractivity contribution < 1.29 is 9.52 Å². The van der Waals surface area contributed by atoms with Gasteiger partial charge in [0.2, 0.25) is 0 Å². The second-order valence-corrected chi connectivity index (χ2v) is 7.68. The van der Waals surface area contributed by atoms with Crippen molar-refractivity contribution in [1.82, 2.24) is 15.5 Å². The van der Waals surface area contributed by atoms with Crippen molar-refractivity contribution in [3.8, 4) is 0 Å². The van der Waals surface area contributed by atoms with Crippen LogP contribution < -0.4 is 10.6 Å². The van der Waals surface area contributed by atoms with Gasteiger partial charge in [0, 0.05) is 25.6 Å². The monoisotopic (exact) mass is 398 g/mol. The van der Waals surface area contributed by atoms with Crippen LogP contribution in [0.2, 0.25) is 0 Å². The molecule has 0 amide bonds. The van der Waals surface area contributed by atoms with Crippen LogP contribution in [0.15, 0.2) is 52.1 Å². The minimum Gasteiger partial charge on any atom is -0.469 e. The summed E-state index contributed by atoms with van der Waals surface area (Å²) in [5.41, 5.74) is 2.04. The SMILES string of the molecule is CCN1CCCC1CNC(=NCC(O)c1cccc(C)c1)NCCc1ccco1. The minimum absolute atomic E-state index is 0.321. The highest BCUT2D eigenvalue weighted by Gasteiger charge is 2.22. The van der Waals surface area contributed by atoms with Crippen LogP contribution in [-0.2, 0) is 6.42 Å². The Morgan fingerprint density at radius 2 is 2.21 bits per heavy atom. The number of nitrogens with one attached hydrogen (secondary N) is 2. The van der Waals surface area contributed by atoms with E-state index in [0.29, 0.717) is 12.6 Å². The first-order chi connectivity index (χ1) is 14.2. The van der Waals surface area contributed by atoms with E-state index in [1.165, 1.54) is 19.4 Å². The van der Waals surface area contributed by atoms with E-state index in [-0.39, 0.29) is 0 Å². The largest absolute Gasteiger partial charge is 0.469 e. The quantitative estimate of drug-likeness (QED) is 0.447. The lowest BCUT2D eigenvalue weighted by atomic mass is 10.1. The maximum atomic E-state index is 10.5. The van der Waals surface area contributed by atoms with Crippen LogP contribution in [0.4, 0.5) is 0 Å². The zero-order valence-electron chi connectivity index (χ0n) is 17.6. The number of benzene rings is 1. The normalized spacial score (nSPS) is 18.7. The third kappa shape index (κ3) is 6.61. The van der Waals surface area contributed by atoms with E-state index in [4.69, 9.17) is 4.42 Å². The fourth-order valence-corrected chi connectivity index (χ4v) is 3.85. The minimum atomic E-state index is -0.614. The Hall–Kier alpha value is -2.31. The Balaban J connectivity index is 1.58. The van der Waals surface area contributed by atoms with E-state index in [1.807, 2.05) is 43.3 Å². The number of aliphatic hydroxyl groups excluding tert-OH is 1. The fraction of sp³-hybridized carbons (Fsp3) is 0.522. The molecule has 1 fully saturated rings. The zero-order chi connectivity index (χ0) is 20.5. The third-order valence-corrected chi connectivity index (χ3v) is 5.50. The molecule has 1 aliphatic heterocycles. The van der Waals surface area contributed by atoms with E-state index < -0.39 is 6.10 Å². The molecule has 0 saturated carbocycles. The molecule has 1 aliphatic rings. The van der Waals surface area contributed by atoms with Crippen molar-refractivity contribution in [2.75, 3.05) is 32.7 Å². The molecule has 6 heteroatoms. The molecule has 2 unspecified atom stereocenters. The van der Waals surface area contributed by atoms with Gasteiger partial charge in [0.15, 0.2) is 5.96 Å². The Labute approximate surface area is 174 Å². The highest BCUT2D eigenvalue weighted by atomic mass is 16.3. The lowest BCUT2D eigenvalue weighted by Gasteiger charge is -2.24. The Kier molecular flexibility index (Phi) is 8.14. The maximum absolute atomic E-state index is 10.5. The number of guanidine groups is 1. The average Bonchev–Trinajstić information content (AvgIpc) is 3.41. The molecule has 1 aromatic carbocycles. The van der Waals surface area contributed by atoms with Crippen molar-refractivity contribution in [3.05, 3.63) is 59.5 Å². The molecule has 2 atom stereocenters. The summed E-state index contributed by atoms with van der Waals surface area (Å²) in [5, 5.41) is 17.4. The van der Waals surface area contributed by atoms with E-state index in [2.05, 4.69) is 27.4 Å². The molecular weight excluding hydrogens is 364 g/mol. The number of hydrogen-bond acceptors (Lipinski definition) is 4. The number of aryl methyl sites for hydroxylation is 1. The van der Waals surface area contributed by atoms with Crippen LogP contribution in [0.5, 0.6) is 0 Å².